The lowest BCUT2D eigenvalue weighted by molar-refractivity contribution is 0.660. The van der Waals surface area contributed by atoms with Gasteiger partial charge >= 0.3 is 0 Å². The van der Waals surface area contributed by atoms with Crippen molar-refractivity contribution < 1.29 is 4.42 Å². The van der Waals surface area contributed by atoms with Crippen LogP contribution in [0.2, 0.25) is 0 Å². The zero-order valence-corrected chi connectivity index (χ0v) is 33.4. The average molecular weight is 763 g/mol. The Labute approximate surface area is 347 Å². The molecule has 1 heterocycles. The van der Waals surface area contributed by atoms with Crippen LogP contribution in [-0.4, -0.2) is 0 Å². The maximum Gasteiger partial charge on any atom is 0.143 e. The monoisotopic (exact) mass is 762 g/mol. The summed E-state index contributed by atoms with van der Waals surface area (Å²) in [5, 5.41) is 14.5. The van der Waals surface area contributed by atoms with Crippen molar-refractivity contribution in [2.75, 3.05) is 0 Å². The van der Waals surface area contributed by atoms with Crippen LogP contribution in [0.3, 0.4) is 0 Å². The van der Waals surface area contributed by atoms with Crippen molar-refractivity contribution in [1.82, 2.24) is 0 Å². The van der Waals surface area contributed by atoms with E-state index in [2.05, 4.69) is 208 Å². The number of rotatable bonds is 3. The molecule has 13 rings (SSSR count). The summed E-state index contributed by atoms with van der Waals surface area (Å²) < 4.78 is 6.97. The summed E-state index contributed by atoms with van der Waals surface area (Å²) in [7, 11) is 0. The van der Waals surface area contributed by atoms with Crippen LogP contribution in [0.15, 0.2) is 199 Å². The third-order valence-corrected chi connectivity index (χ3v) is 13.6. The Bertz CT molecular complexity index is 3750. The highest BCUT2D eigenvalue weighted by atomic mass is 16.3. The fourth-order valence-electron chi connectivity index (χ4n) is 11.0. The molecule has 1 nitrogen and oxygen atoms in total. The first-order valence-electron chi connectivity index (χ1n) is 21.0. The zero-order chi connectivity index (χ0) is 39.7. The lowest BCUT2D eigenvalue weighted by Gasteiger charge is -2.22. The topological polar surface area (TPSA) is 13.1 Å². The van der Waals surface area contributed by atoms with E-state index >= 15 is 0 Å². The Hall–Kier alpha value is -7.48. The Morgan fingerprint density at radius 2 is 0.783 bits per heavy atom. The Balaban J connectivity index is 1.08. The molecule has 0 radical (unpaired) electrons. The first-order valence-corrected chi connectivity index (χ1v) is 21.0. The highest BCUT2D eigenvalue weighted by molar-refractivity contribution is 6.33. The molecule has 11 aromatic carbocycles. The van der Waals surface area contributed by atoms with Crippen LogP contribution in [0, 0.1) is 0 Å². The molecule has 0 amide bonds. The second-order valence-electron chi connectivity index (χ2n) is 17.1. The number of furan rings is 1. The van der Waals surface area contributed by atoms with E-state index in [1.807, 2.05) is 0 Å². The molecule has 0 saturated heterocycles. The molecule has 0 unspecified atom stereocenters. The van der Waals surface area contributed by atoms with Gasteiger partial charge in [-0.3, -0.25) is 0 Å². The lowest BCUT2D eigenvalue weighted by atomic mass is 9.80. The summed E-state index contributed by atoms with van der Waals surface area (Å²) in [6, 6.07) is 71.8. The minimum absolute atomic E-state index is 0.0786. The van der Waals surface area contributed by atoms with E-state index in [9.17, 15) is 0 Å². The maximum absolute atomic E-state index is 6.97. The van der Waals surface area contributed by atoms with Crippen LogP contribution in [0.5, 0.6) is 0 Å². The Morgan fingerprint density at radius 3 is 1.48 bits per heavy atom. The van der Waals surface area contributed by atoms with Gasteiger partial charge < -0.3 is 4.42 Å². The first-order chi connectivity index (χ1) is 29.6. The Morgan fingerprint density at radius 1 is 0.300 bits per heavy atom. The van der Waals surface area contributed by atoms with E-state index < -0.39 is 0 Å². The van der Waals surface area contributed by atoms with Gasteiger partial charge in [0.25, 0.3) is 0 Å². The summed E-state index contributed by atoms with van der Waals surface area (Å²) in [5.41, 5.74) is 14.7. The van der Waals surface area contributed by atoms with Crippen molar-refractivity contribution in [2.24, 2.45) is 0 Å². The van der Waals surface area contributed by atoms with Crippen LogP contribution in [0.1, 0.15) is 25.0 Å². The van der Waals surface area contributed by atoms with Crippen LogP contribution in [-0.2, 0) is 5.41 Å². The minimum atomic E-state index is -0.0786. The smallest absolute Gasteiger partial charge is 0.143 e. The maximum atomic E-state index is 6.97. The Kier molecular flexibility index (Phi) is 6.85. The molecule has 0 aliphatic heterocycles. The van der Waals surface area contributed by atoms with Crippen LogP contribution in [0.4, 0.5) is 0 Å². The quantitative estimate of drug-likeness (QED) is 0.129. The predicted octanol–water partition coefficient (Wildman–Crippen LogP) is 16.7. The first kappa shape index (κ1) is 33.5. The molecule has 0 bridgehead atoms. The van der Waals surface area contributed by atoms with Gasteiger partial charge in [0.2, 0.25) is 0 Å². The number of hydrogen-bond acceptors (Lipinski definition) is 1. The van der Waals surface area contributed by atoms with Gasteiger partial charge in [-0.15, -0.1) is 0 Å². The van der Waals surface area contributed by atoms with E-state index in [1.165, 1.54) is 104 Å². The second kappa shape index (κ2) is 12.3. The van der Waals surface area contributed by atoms with E-state index in [0.717, 1.165) is 27.3 Å². The van der Waals surface area contributed by atoms with Gasteiger partial charge in [-0.2, -0.15) is 0 Å². The van der Waals surface area contributed by atoms with E-state index in [-0.39, 0.29) is 5.41 Å². The number of benzene rings is 11. The molecule has 1 aliphatic rings. The third-order valence-electron chi connectivity index (χ3n) is 13.6. The van der Waals surface area contributed by atoms with Crippen LogP contribution < -0.4 is 0 Å². The fraction of sp³-hybridized carbons (Fsp3) is 0.0508. The molecule has 280 valence electrons. The van der Waals surface area contributed by atoms with Crippen LogP contribution >= 0.6 is 0 Å². The molecule has 60 heavy (non-hydrogen) atoms. The van der Waals surface area contributed by atoms with Gasteiger partial charge in [0, 0.05) is 27.0 Å². The van der Waals surface area contributed by atoms with E-state index in [1.54, 1.807) is 0 Å². The predicted molar refractivity (Wildman–Crippen MR) is 255 cm³/mol. The van der Waals surface area contributed by atoms with Crippen molar-refractivity contribution in [2.45, 2.75) is 19.3 Å². The van der Waals surface area contributed by atoms with Crippen molar-refractivity contribution in [3.63, 3.8) is 0 Å². The lowest BCUT2D eigenvalue weighted by Crippen LogP contribution is -2.14. The largest absolute Gasteiger partial charge is 0.455 e. The number of hydrogen-bond donors (Lipinski definition) is 0. The van der Waals surface area contributed by atoms with Gasteiger partial charge in [0.1, 0.15) is 11.2 Å². The van der Waals surface area contributed by atoms with Gasteiger partial charge in [0.05, 0.1) is 0 Å². The highest BCUT2D eigenvalue weighted by Gasteiger charge is 2.37. The van der Waals surface area contributed by atoms with Gasteiger partial charge in [0.15, 0.2) is 0 Å². The van der Waals surface area contributed by atoms with Gasteiger partial charge in [-0.05, 0) is 111 Å². The number of fused-ring (bicyclic) bond motifs is 15. The summed E-state index contributed by atoms with van der Waals surface area (Å²) in [5.74, 6) is 0. The molecule has 0 atom stereocenters. The molecule has 0 fully saturated rings. The van der Waals surface area contributed by atoms with Crippen molar-refractivity contribution in [1.29, 1.82) is 0 Å². The molecule has 1 heteroatoms. The molecule has 0 saturated carbocycles. The summed E-state index contributed by atoms with van der Waals surface area (Å²) in [6.07, 6.45) is 0. The average Bonchev–Trinajstić information content (AvgIpc) is 3.81. The van der Waals surface area contributed by atoms with Crippen molar-refractivity contribution in [3.8, 4) is 44.5 Å². The SMILES string of the molecule is CC1(C)c2ccccc2-c2c(-c3c4ccccc4c(-c4cccc(-c5cc6c(oc7c8ccccc8c8ccccc8c67)c6ccccc56)c4)c4ccccc34)cccc21. The molecule has 1 aromatic heterocycles. The van der Waals surface area contributed by atoms with Crippen LogP contribution in [0.25, 0.3) is 120 Å². The highest BCUT2D eigenvalue weighted by Crippen LogP contribution is 2.55. The normalized spacial score (nSPS) is 13.3. The summed E-state index contributed by atoms with van der Waals surface area (Å²) >= 11 is 0. The molecular formula is C59H38O. The van der Waals surface area contributed by atoms with Gasteiger partial charge in [-0.25, -0.2) is 0 Å². The zero-order valence-electron chi connectivity index (χ0n) is 33.4. The summed E-state index contributed by atoms with van der Waals surface area (Å²) in [6.45, 7) is 4.74. The van der Waals surface area contributed by atoms with E-state index in [0.29, 0.717) is 0 Å². The molecule has 1 aliphatic carbocycles. The standard InChI is InChI=1S/C59H38O/c1-59(2)51-31-14-13-29-47(51)55-48(30-16-32-52(55)59)54-43-25-9-7-23-41(43)53(42-24-8-10-26-44(42)54)36-18-15-17-35(33-36)49-34-50-56-40-22-6-3-19-37(40)38-20-4-12-28-46(38)58(56)60-57(50)45-27-11-5-21-39(45)49/h3-34H,1-2H3. The molecule has 0 spiro atoms. The molecular weight excluding hydrogens is 725 g/mol. The third kappa shape index (κ3) is 4.47. The van der Waals surface area contributed by atoms with Crippen molar-refractivity contribution >= 4 is 75.8 Å². The van der Waals surface area contributed by atoms with E-state index in [4.69, 9.17) is 4.42 Å². The summed E-state index contributed by atoms with van der Waals surface area (Å²) in [4.78, 5) is 0. The minimum Gasteiger partial charge on any atom is -0.455 e. The van der Waals surface area contributed by atoms with Gasteiger partial charge in [-0.1, -0.05) is 196 Å². The second-order valence-corrected chi connectivity index (χ2v) is 17.1. The van der Waals surface area contributed by atoms with Crippen molar-refractivity contribution in [3.05, 3.63) is 205 Å². The molecule has 12 aromatic rings. The molecule has 0 N–H and O–H groups in total. The fourth-order valence-corrected chi connectivity index (χ4v) is 11.0.